The molecule has 0 bridgehead atoms. The van der Waals surface area contributed by atoms with Crippen molar-refractivity contribution in [2.45, 2.75) is 6.42 Å². The first-order chi connectivity index (χ1) is 6.77. The molecule has 0 aliphatic rings. The molecule has 0 atom stereocenters. The largest absolute Gasteiger partial charge is 0.396 e. The average molecular weight is 196 g/mol. The number of aliphatic hydroxyl groups is 2. The minimum absolute atomic E-state index is 0.0366. The first-order valence-electron chi connectivity index (χ1n) is 4.61. The van der Waals surface area contributed by atoms with Gasteiger partial charge in [0.05, 0.1) is 18.8 Å². The van der Waals surface area contributed by atoms with Crippen LogP contribution in [0.4, 0.5) is 5.69 Å². The summed E-state index contributed by atoms with van der Waals surface area (Å²) in [6, 6.07) is 7.59. The van der Waals surface area contributed by atoms with Gasteiger partial charge in [0.15, 0.2) is 0 Å². The van der Waals surface area contributed by atoms with Crippen LogP contribution in [0.3, 0.4) is 0 Å². The Labute approximate surface area is 83.5 Å². The number of anilines is 1. The van der Waals surface area contributed by atoms with Crippen molar-refractivity contribution < 1.29 is 10.2 Å². The van der Waals surface area contributed by atoms with Crippen molar-refractivity contribution in [1.29, 1.82) is 0 Å². The number of hydrogen-bond acceptors (Lipinski definition) is 4. The Kier molecular flexibility index (Phi) is 4.39. The lowest BCUT2D eigenvalue weighted by Crippen LogP contribution is -2.33. The molecule has 0 heterocycles. The third-order valence-corrected chi connectivity index (χ3v) is 2.01. The Balaban J connectivity index is 2.62. The molecule has 0 saturated heterocycles. The Morgan fingerprint density at radius 2 is 1.71 bits per heavy atom. The SMILES string of the molecule is NN(CCO)c1ccc(CCO)cc1. The number of hydrogen-bond donors (Lipinski definition) is 3. The van der Waals surface area contributed by atoms with Crippen molar-refractivity contribution in [2.24, 2.45) is 5.84 Å². The summed E-state index contributed by atoms with van der Waals surface area (Å²) in [6.45, 7) is 0.608. The minimum atomic E-state index is 0.0366. The molecule has 0 spiro atoms. The van der Waals surface area contributed by atoms with E-state index in [4.69, 9.17) is 16.1 Å². The molecule has 14 heavy (non-hydrogen) atoms. The van der Waals surface area contributed by atoms with Gasteiger partial charge in [-0.15, -0.1) is 0 Å². The maximum atomic E-state index is 8.71. The molecule has 0 amide bonds. The third kappa shape index (κ3) is 2.99. The van der Waals surface area contributed by atoms with Gasteiger partial charge in [-0.05, 0) is 24.1 Å². The second-order valence-electron chi connectivity index (χ2n) is 3.06. The number of hydrazine groups is 1. The van der Waals surface area contributed by atoms with E-state index >= 15 is 0 Å². The van der Waals surface area contributed by atoms with Gasteiger partial charge in [0.25, 0.3) is 0 Å². The lowest BCUT2D eigenvalue weighted by Gasteiger charge is -2.17. The molecule has 0 saturated carbocycles. The van der Waals surface area contributed by atoms with E-state index in [2.05, 4.69) is 0 Å². The normalized spacial score (nSPS) is 10.2. The summed E-state index contributed by atoms with van der Waals surface area (Å²) < 4.78 is 0. The van der Waals surface area contributed by atoms with Crippen molar-refractivity contribution in [2.75, 3.05) is 24.8 Å². The van der Waals surface area contributed by atoms with Crippen LogP contribution in [0.2, 0.25) is 0 Å². The lowest BCUT2D eigenvalue weighted by molar-refractivity contribution is 0.299. The number of benzene rings is 1. The van der Waals surface area contributed by atoms with Crippen molar-refractivity contribution in [3.63, 3.8) is 0 Å². The predicted molar refractivity (Wildman–Crippen MR) is 55.9 cm³/mol. The molecule has 1 rings (SSSR count). The van der Waals surface area contributed by atoms with Crippen LogP contribution >= 0.6 is 0 Å². The van der Waals surface area contributed by atoms with E-state index in [9.17, 15) is 0 Å². The highest BCUT2D eigenvalue weighted by molar-refractivity contribution is 5.46. The molecule has 0 aromatic heterocycles. The molecule has 0 radical (unpaired) electrons. The monoisotopic (exact) mass is 196 g/mol. The summed E-state index contributed by atoms with van der Waals surface area (Å²) >= 11 is 0. The maximum absolute atomic E-state index is 8.71. The Morgan fingerprint density at radius 1 is 1.07 bits per heavy atom. The fourth-order valence-electron chi connectivity index (χ4n) is 1.22. The van der Waals surface area contributed by atoms with Crippen molar-refractivity contribution in [3.8, 4) is 0 Å². The predicted octanol–water partition coefficient (Wildman–Crippen LogP) is -0.106. The van der Waals surface area contributed by atoms with Crippen molar-refractivity contribution in [1.82, 2.24) is 0 Å². The highest BCUT2D eigenvalue weighted by atomic mass is 16.3. The molecule has 78 valence electrons. The van der Waals surface area contributed by atoms with E-state index < -0.39 is 0 Å². The Hall–Kier alpha value is -1.10. The van der Waals surface area contributed by atoms with E-state index in [0.717, 1.165) is 11.3 Å². The first kappa shape index (κ1) is 11.0. The summed E-state index contributed by atoms with van der Waals surface area (Å²) in [5.74, 6) is 5.65. The van der Waals surface area contributed by atoms with Gasteiger partial charge in [-0.3, -0.25) is 0 Å². The first-order valence-corrected chi connectivity index (χ1v) is 4.61. The number of aliphatic hydroxyl groups excluding tert-OH is 2. The molecule has 4 heteroatoms. The second-order valence-corrected chi connectivity index (χ2v) is 3.06. The molecule has 1 aromatic carbocycles. The highest BCUT2D eigenvalue weighted by Gasteiger charge is 1.99. The van der Waals surface area contributed by atoms with Crippen molar-refractivity contribution in [3.05, 3.63) is 29.8 Å². The van der Waals surface area contributed by atoms with Crippen LogP contribution in [0, 0.1) is 0 Å². The van der Waals surface area contributed by atoms with E-state index in [1.54, 1.807) is 0 Å². The minimum Gasteiger partial charge on any atom is -0.396 e. The van der Waals surface area contributed by atoms with Gasteiger partial charge in [-0.1, -0.05) is 12.1 Å². The van der Waals surface area contributed by atoms with E-state index in [1.807, 2.05) is 24.3 Å². The standard InChI is InChI=1S/C10H16N2O2/c11-12(6-8-14)10-3-1-9(2-4-10)5-7-13/h1-4,13-14H,5-8,11H2. The molecule has 0 fully saturated rings. The number of nitrogens with zero attached hydrogens (tertiary/aromatic N) is 1. The van der Waals surface area contributed by atoms with Crippen LogP contribution < -0.4 is 10.9 Å². The molecule has 0 unspecified atom stereocenters. The Bertz CT molecular complexity index is 261. The lowest BCUT2D eigenvalue weighted by atomic mass is 10.1. The summed E-state index contributed by atoms with van der Waals surface area (Å²) in [5.41, 5.74) is 1.94. The van der Waals surface area contributed by atoms with E-state index in [0.29, 0.717) is 13.0 Å². The van der Waals surface area contributed by atoms with Crippen LogP contribution in [0.1, 0.15) is 5.56 Å². The van der Waals surface area contributed by atoms with Crippen LogP contribution in [0.15, 0.2) is 24.3 Å². The summed E-state index contributed by atoms with van der Waals surface area (Å²) in [6.07, 6.45) is 0.658. The summed E-state index contributed by atoms with van der Waals surface area (Å²) in [7, 11) is 0. The Morgan fingerprint density at radius 3 is 2.21 bits per heavy atom. The summed E-state index contributed by atoms with van der Waals surface area (Å²) in [5, 5.41) is 18.9. The van der Waals surface area contributed by atoms with Gasteiger partial charge in [0, 0.05) is 6.61 Å². The number of rotatable bonds is 5. The summed E-state index contributed by atoms with van der Waals surface area (Å²) in [4.78, 5) is 0. The molecule has 0 aliphatic heterocycles. The van der Waals surface area contributed by atoms with Gasteiger partial charge in [0.1, 0.15) is 0 Å². The zero-order valence-corrected chi connectivity index (χ0v) is 8.06. The fraction of sp³-hybridized carbons (Fsp3) is 0.400. The van der Waals surface area contributed by atoms with Crippen LogP contribution in [0.5, 0.6) is 0 Å². The molecule has 4 N–H and O–H groups in total. The van der Waals surface area contributed by atoms with Gasteiger partial charge >= 0.3 is 0 Å². The fourth-order valence-corrected chi connectivity index (χ4v) is 1.22. The van der Waals surface area contributed by atoms with Crippen LogP contribution in [0.25, 0.3) is 0 Å². The topological polar surface area (TPSA) is 69.7 Å². The maximum Gasteiger partial charge on any atom is 0.0622 e. The van der Waals surface area contributed by atoms with E-state index in [1.165, 1.54) is 5.01 Å². The zero-order chi connectivity index (χ0) is 10.4. The van der Waals surface area contributed by atoms with Gasteiger partial charge < -0.3 is 15.2 Å². The van der Waals surface area contributed by atoms with Crippen molar-refractivity contribution >= 4 is 5.69 Å². The highest BCUT2D eigenvalue weighted by Crippen LogP contribution is 2.12. The quantitative estimate of drug-likeness (QED) is 0.454. The molecular formula is C10H16N2O2. The average Bonchev–Trinajstić information content (AvgIpc) is 2.20. The smallest absolute Gasteiger partial charge is 0.0622 e. The number of nitrogens with two attached hydrogens (primary N) is 1. The zero-order valence-electron chi connectivity index (χ0n) is 8.06. The third-order valence-electron chi connectivity index (χ3n) is 2.01. The van der Waals surface area contributed by atoms with Gasteiger partial charge in [0.2, 0.25) is 0 Å². The van der Waals surface area contributed by atoms with Gasteiger partial charge in [-0.25, -0.2) is 5.84 Å². The van der Waals surface area contributed by atoms with E-state index in [-0.39, 0.29) is 13.2 Å². The molecule has 4 nitrogen and oxygen atoms in total. The van der Waals surface area contributed by atoms with Crippen LogP contribution in [-0.4, -0.2) is 30.0 Å². The molecule has 0 aliphatic carbocycles. The molecular weight excluding hydrogens is 180 g/mol. The molecule has 1 aromatic rings. The van der Waals surface area contributed by atoms with Gasteiger partial charge in [-0.2, -0.15) is 0 Å². The second kappa shape index (κ2) is 5.59. The van der Waals surface area contributed by atoms with Crippen LogP contribution in [-0.2, 0) is 6.42 Å².